The fourth-order valence-corrected chi connectivity index (χ4v) is 5.98. The minimum Gasteiger partial charge on any atom is -0.268 e. The Morgan fingerprint density at radius 2 is 0.688 bits per heavy atom. The molecule has 2 aliphatic rings. The quantitative estimate of drug-likeness (QED) is 0.138. The normalized spacial score (nSPS) is 13.8. The molecule has 234 valence electrons. The number of amides is 4. The highest BCUT2D eigenvalue weighted by atomic mass is 16.6. The maximum atomic E-state index is 13.7. The Kier molecular flexibility index (Phi) is 6.06. The number of rotatable bonds is 6. The second-order valence-electron chi connectivity index (χ2n) is 10.3. The predicted octanol–water partition coefficient (Wildman–Crippen LogP) is 4.62. The number of non-ortho nitro benzene ring substituents is 4. The van der Waals surface area contributed by atoms with Crippen molar-refractivity contribution >= 4 is 79.6 Å². The number of anilines is 2. The van der Waals surface area contributed by atoms with E-state index in [0.717, 1.165) is 48.5 Å². The molecule has 4 aromatic carbocycles. The van der Waals surface area contributed by atoms with Gasteiger partial charge in [0.1, 0.15) is 22.4 Å². The zero-order chi connectivity index (χ0) is 34.3. The van der Waals surface area contributed by atoms with Crippen LogP contribution < -0.4 is 9.80 Å². The molecule has 1 aromatic heterocycles. The van der Waals surface area contributed by atoms with E-state index in [1.54, 1.807) is 0 Å². The van der Waals surface area contributed by atoms with Gasteiger partial charge in [0.25, 0.3) is 46.4 Å². The Morgan fingerprint density at radius 3 is 0.938 bits per heavy atom. The van der Waals surface area contributed by atoms with E-state index in [1.165, 1.54) is 18.2 Å². The Morgan fingerprint density at radius 1 is 0.417 bits per heavy atom. The maximum Gasteiger partial charge on any atom is 0.284 e. The molecule has 7 rings (SSSR count). The average molecular weight is 649 g/mol. The van der Waals surface area contributed by atoms with Crippen molar-refractivity contribution in [2.24, 2.45) is 0 Å². The van der Waals surface area contributed by atoms with Gasteiger partial charge in [-0.1, -0.05) is 6.07 Å². The molecule has 0 aliphatic carbocycles. The summed E-state index contributed by atoms with van der Waals surface area (Å²) in [7, 11) is 0. The summed E-state index contributed by atoms with van der Waals surface area (Å²) in [4.78, 5) is 104. The molecule has 2 aliphatic heterocycles. The molecule has 19 heteroatoms. The number of benzene rings is 4. The van der Waals surface area contributed by atoms with Crippen LogP contribution in [0.1, 0.15) is 41.4 Å². The number of carbonyl (C=O) groups excluding carboxylic acids is 4. The minimum absolute atomic E-state index is 0.296. The van der Waals surface area contributed by atoms with Crippen LogP contribution in [0.3, 0.4) is 0 Å². The van der Waals surface area contributed by atoms with Crippen molar-refractivity contribution < 1.29 is 38.9 Å². The lowest BCUT2D eigenvalue weighted by Crippen LogP contribution is -2.43. The number of aromatic nitrogens is 1. The first-order chi connectivity index (χ1) is 22.8. The van der Waals surface area contributed by atoms with Gasteiger partial charge in [-0.2, -0.15) is 0 Å². The smallest absolute Gasteiger partial charge is 0.268 e. The Hall–Kier alpha value is -7.57. The van der Waals surface area contributed by atoms with E-state index >= 15 is 0 Å². The van der Waals surface area contributed by atoms with Crippen molar-refractivity contribution in [2.45, 2.75) is 0 Å². The van der Waals surface area contributed by atoms with E-state index in [4.69, 9.17) is 0 Å². The first-order valence-electron chi connectivity index (χ1n) is 13.3. The third-order valence-corrected chi connectivity index (χ3v) is 7.93. The first kappa shape index (κ1) is 29.2. The summed E-state index contributed by atoms with van der Waals surface area (Å²) in [5.74, 6) is -5.07. The standard InChI is InChI=1S/C29H11N7O12/c37-26-12-4-8-16(33(41)42)24-17(34(43)44)9-5-13(22(12)24)27(38)31(26)20-2-1-3-21(30-20)32-28(39)14-6-10-18(35(45)46)25-19(36(47)48)11-7-15(23(14)25)29(32)40/h1-11H. The van der Waals surface area contributed by atoms with Crippen LogP contribution in [0.25, 0.3) is 21.5 Å². The summed E-state index contributed by atoms with van der Waals surface area (Å²) in [5.41, 5.74) is -4.00. The SMILES string of the molecule is O=C1c2ccc([N+](=O)[O-])c3c([N+](=O)[O-])ccc(c23)C(=O)N1c1cccc(N2C(=O)c3ccc([N+](=O)[O-])c4c([N+](=O)[O-])ccc(c34)C2=O)n1. The summed E-state index contributed by atoms with van der Waals surface area (Å²) in [5, 5.41) is 45.2. The van der Waals surface area contributed by atoms with E-state index < -0.39 is 88.5 Å². The van der Waals surface area contributed by atoms with E-state index in [2.05, 4.69) is 4.98 Å². The molecular formula is C29H11N7O12. The Balaban J connectivity index is 1.36. The lowest BCUT2D eigenvalue weighted by molar-refractivity contribution is -0.390. The average Bonchev–Trinajstić information content (AvgIpc) is 3.05. The fraction of sp³-hybridized carbons (Fsp3) is 0. The summed E-state index contributed by atoms with van der Waals surface area (Å²) in [6.45, 7) is 0. The lowest BCUT2D eigenvalue weighted by Gasteiger charge is -2.29. The van der Waals surface area contributed by atoms with Gasteiger partial charge in [0.2, 0.25) is 0 Å². The molecule has 0 fully saturated rings. The van der Waals surface area contributed by atoms with Gasteiger partial charge in [0.05, 0.1) is 19.7 Å². The highest BCUT2D eigenvalue weighted by Gasteiger charge is 2.42. The second kappa shape index (κ2) is 9.97. The van der Waals surface area contributed by atoms with Gasteiger partial charge >= 0.3 is 0 Å². The van der Waals surface area contributed by atoms with Crippen LogP contribution >= 0.6 is 0 Å². The van der Waals surface area contributed by atoms with Gasteiger partial charge in [-0.25, -0.2) is 14.8 Å². The molecule has 4 amide bonds. The van der Waals surface area contributed by atoms with Gasteiger partial charge in [0, 0.05) is 57.3 Å². The molecule has 5 aromatic rings. The molecule has 0 N–H and O–H groups in total. The predicted molar refractivity (Wildman–Crippen MR) is 161 cm³/mol. The van der Waals surface area contributed by atoms with Crippen molar-refractivity contribution in [2.75, 3.05) is 9.80 Å². The maximum absolute atomic E-state index is 13.7. The van der Waals surface area contributed by atoms with Crippen molar-refractivity contribution in [3.63, 3.8) is 0 Å². The third-order valence-electron chi connectivity index (χ3n) is 7.93. The molecule has 0 saturated heterocycles. The number of nitrogens with zero attached hydrogens (tertiary/aromatic N) is 7. The highest BCUT2D eigenvalue weighted by Crippen LogP contribution is 2.43. The second-order valence-corrected chi connectivity index (χ2v) is 10.3. The van der Waals surface area contributed by atoms with E-state index in [1.807, 2.05) is 0 Å². The first-order valence-corrected chi connectivity index (χ1v) is 13.3. The van der Waals surface area contributed by atoms with Gasteiger partial charge in [-0.3, -0.25) is 59.6 Å². The van der Waals surface area contributed by atoms with Crippen LogP contribution in [-0.2, 0) is 0 Å². The molecule has 19 nitrogen and oxygen atoms in total. The zero-order valence-electron chi connectivity index (χ0n) is 23.4. The monoisotopic (exact) mass is 649 g/mol. The van der Waals surface area contributed by atoms with Crippen LogP contribution in [0.2, 0.25) is 0 Å². The number of carbonyl (C=O) groups is 4. The summed E-state index contributed by atoms with van der Waals surface area (Å²) >= 11 is 0. The highest BCUT2D eigenvalue weighted by molar-refractivity contribution is 6.38. The van der Waals surface area contributed by atoms with E-state index in [9.17, 15) is 59.6 Å². The van der Waals surface area contributed by atoms with Crippen LogP contribution in [0.5, 0.6) is 0 Å². The van der Waals surface area contributed by atoms with E-state index in [0.29, 0.717) is 9.80 Å². The number of nitro benzene ring substituents is 4. The van der Waals surface area contributed by atoms with Gasteiger partial charge in [-0.05, 0) is 36.4 Å². The Labute approximate surface area is 262 Å². The van der Waals surface area contributed by atoms with E-state index in [-0.39, 0.29) is 33.0 Å². The van der Waals surface area contributed by atoms with Crippen molar-refractivity contribution in [3.05, 3.63) is 129 Å². The van der Waals surface area contributed by atoms with Gasteiger partial charge in [-0.15, -0.1) is 0 Å². The number of hydrogen-bond donors (Lipinski definition) is 0. The molecule has 0 radical (unpaired) electrons. The summed E-state index contributed by atoms with van der Waals surface area (Å²) in [6, 6.07) is 11.3. The van der Waals surface area contributed by atoms with Gasteiger partial charge < -0.3 is 0 Å². The number of hydrogen-bond acceptors (Lipinski definition) is 13. The van der Waals surface area contributed by atoms with Crippen LogP contribution in [0, 0.1) is 40.5 Å². The van der Waals surface area contributed by atoms with Gasteiger partial charge in [0.15, 0.2) is 0 Å². The van der Waals surface area contributed by atoms with Crippen LogP contribution in [0.4, 0.5) is 34.4 Å². The molecule has 0 bridgehead atoms. The third kappa shape index (κ3) is 3.84. The summed E-state index contributed by atoms with van der Waals surface area (Å²) in [6.07, 6.45) is 0. The van der Waals surface area contributed by atoms with Crippen LogP contribution in [-0.4, -0.2) is 48.3 Å². The number of pyridine rings is 1. The molecular weight excluding hydrogens is 638 g/mol. The fourth-order valence-electron chi connectivity index (χ4n) is 5.98. The zero-order valence-corrected chi connectivity index (χ0v) is 23.4. The van der Waals surface area contributed by atoms with Crippen molar-refractivity contribution in [1.82, 2.24) is 4.98 Å². The number of nitro groups is 4. The molecule has 0 unspecified atom stereocenters. The van der Waals surface area contributed by atoms with Crippen molar-refractivity contribution in [1.29, 1.82) is 0 Å². The molecule has 0 spiro atoms. The topological polar surface area (TPSA) is 260 Å². The van der Waals surface area contributed by atoms with Crippen molar-refractivity contribution in [3.8, 4) is 0 Å². The molecule has 0 saturated carbocycles. The largest absolute Gasteiger partial charge is 0.284 e. The molecule has 3 heterocycles. The molecule has 48 heavy (non-hydrogen) atoms. The minimum atomic E-state index is -1.07. The molecule has 0 atom stereocenters. The Bertz CT molecular complexity index is 2170. The van der Waals surface area contributed by atoms with Crippen LogP contribution in [0.15, 0.2) is 66.7 Å². The lowest BCUT2D eigenvalue weighted by atomic mass is 9.91. The summed E-state index contributed by atoms with van der Waals surface area (Å²) < 4.78 is 0. The number of imide groups is 2.